The second kappa shape index (κ2) is 6.70. The van der Waals surface area contributed by atoms with Crippen molar-refractivity contribution in [3.8, 4) is 5.88 Å². The third kappa shape index (κ3) is 3.18. The van der Waals surface area contributed by atoms with Gasteiger partial charge in [-0.25, -0.2) is 0 Å². The topological polar surface area (TPSA) is 74.8 Å². The number of hydrogen-bond acceptors (Lipinski definition) is 5. The zero-order valence-electron chi connectivity index (χ0n) is 13.0. The fraction of sp³-hybridized carbons (Fsp3) is 0.235. The Balaban J connectivity index is 1.90. The van der Waals surface area contributed by atoms with E-state index in [4.69, 9.17) is 17.3 Å². The molecule has 0 radical (unpaired) electrons. The van der Waals surface area contributed by atoms with E-state index in [1.807, 2.05) is 31.2 Å². The molecule has 5 nitrogen and oxygen atoms in total. The molecular formula is C17H16N2O3S2. The minimum absolute atomic E-state index is 0.0484. The van der Waals surface area contributed by atoms with Crippen molar-refractivity contribution in [3.63, 3.8) is 0 Å². The predicted octanol–water partition coefficient (Wildman–Crippen LogP) is 4.41. The lowest BCUT2D eigenvalue weighted by atomic mass is 10.0. The van der Waals surface area contributed by atoms with Crippen LogP contribution in [0.3, 0.4) is 0 Å². The lowest BCUT2D eigenvalue weighted by molar-refractivity contribution is -0.137. The first-order chi connectivity index (χ1) is 11.5. The Morgan fingerprint density at radius 2 is 2.25 bits per heavy atom. The molecule has 3 rings (SSSR count). The first-order valence-electron chi connectivity index (χ1n) is 7.47. The molecule has 2 heterocycles. The van der Waals surface area contributed by atoms with Crippen LogP contribution in [0, 0.1) is 10.9 Å². The number of aromatic hydroxyl groups is 1. The lowest BCUT2D eigenvalue weighted by Gasteiger charge is -2.04. The van der Waals surface area contributed by atoms with Gasteiger partial charge in [-0.1, -0.05) is 18.2 Å². The summed E-state index contributed by atoms with van der Waals surface area (Å²) in [6.45, 7) is 2.40. The van der Waals surface area contributed by atoms with E-state index in [9.17, 15) is 9.90 Å². The average molecular weight is 360 g/mol. The van der Waals surface area contributed by atoms with Crippen molar-refractivity contribution >= 4 is 53.1 Å². The van der Waals surface area contributed by atoms with E-state index >= 15 is 0 Å². The van der Waals surface area contributed by atoms with E-state index in [-0.39, 0.29) is 12.3 Å². The van der Waals surface area contributed by atoms with Gasteiger partial charge in [-0.15, -0.1) is 11.3 Å². The Labute approximate surface area is 148 Å². The van der Waals surface area contributed by atoms with Gasteiger partial charge in [0.15, 0.2) is 3.95 Å². The Morgan fingerprint density at radius 3 is 3.00 bits per heavy atom. The highest BCUT2D eigenvalue weighted by Crippen LogP contribution is 2.37. The molecule has 0 bridgehead atoms. The van der Waals surface area contributed by atoms with Crippen LogP contribution in [-0.2, 0) is 11.3 Å². The molecule has 0 spiro atoms. The monoisotopic (exact) mass is 360 g/mol. The largest absolute Gasteiger partial charge is 0.493 e. The standard InChI is InChI=1S/C17H16N2O3S2/c1-10-4-2-5-12-11(9-18-15(10)12)8-13-16(22)19(17(23)24-13)7-3-6-14(20)21/h2,4-5,8-9,22H,3,6-7H2,1H3,(H,20,21)/b11-8-. The Bertz CT molecular complexity index is 922. The molecule has 24 heavy (non-hydrogen) atoms. The number of aliphatic carboxylic acids is 1. The number of aliphatic imine (C=N–C) groups is 1. The molecule has 0 fully saturated rings. The highest BCUT2D eigenvalue weighted by atomic mass is 32.1. The summed E-state index contributed by atoms with van der Waals surface area (Å²) in [6, 6.07) is 6.00. The number of nitrogens with zero attached hydrogens (tertiary/aromatic N) is 2. The SMILES string of the molecule is Cc1cccc2c1N=C/C2=C/c1sc(=S)n(CCCC(=O)O)c1O. The van der Waals surface area contributed by atoms with Gasteiger partial charge in [0.25, 0.3) is 0 Å². The van der Waals surface area contributed by atoms with E-state index in [1.165, 1.54) is 11.3 Å². The number of carboxylic acid groups (broad SMARTS) is 1. The number of carboxylic acids is 1. The lowest BCUT2D eigenvalue weighted by Crippen LogP contribution is -2.01. The van der Waals surface area contributed by atoms with Crippen molar-refractivity contribution in [2.75, 3.05) is 0 Å². The predicted molar refractivity (Wildman–Crippen MR) is 98.9 cm³/mol. The molecule has 1 aliphatic rings. The zero-order chi connectivity index (χ0) is 17.3. The maximum Gasteiger partial charge on any atom is 0.303 e. The highest BCUT2D eigenvalue weighted by molar-refractivity contribution is 7.73. The van der Waals surface area contributed by atoms with Gasteiger partial charge in [-0.2, -0.15) is 0 Å². The van der Waals surface area contributed by atoms with Crippen molar-refractivity contribution in [1.82, 2.24) is 4.57 Å². The summed E-state index contributed by atoms with van der Waals surface area (Å²) >= 11 is 6.60. The molecular weight excluding hydrogens is 344 g/mol. The van der Waals surface area contributed by atoms with Crippen molar-refractivity contribution in [1.29, 1.82) is 0 Å². The smallest absolute Gasteiger partial charge is 0.303 e. The number of allylic oxidation sites excluding steroid dienone is 1. The summed E-state index contributed by atoms with van der Waals surface area (Å²) in [5.41, 5.74) is 4.02. The van der Waals surface area contributed by atoms with Gasteiger partial charge in [0.2, 0.25) is 5.88 Å². The number of hydrogen-bond donors (Lipinski definition) is 2. The van der Waals surface area contributed by atoms with Crippen molar-refractivity contribution < 1.29 is 15.0 Å². The molecule has 2 aromatic rings. The molecule has 0 amide bonds. The molecule has 1 aromatic carbocycles. The molecule has 124 valence electrons. The minimum Gasteiger partial charge on any atom is -0.493 e. The molecule has 0 saturated heterocycles. The van der Waals surface area contributed by atoms with Crippen molar-refractivity contribution in [2.45, 2.75) is 26.3 Å². The summed E-state index contributed by atoms with van der Waals surface area (Å²) < 4.78 is 2.11. The van der Waals surface area contributed by atoms with Crippen LogP contribution >= 0.6 is 23.6 Å². The van der Waals surface area contributed by atoms with Gasteiger partial charge in [0, 0.05) is 30.3 Å². The Kier molecular flexibility index (Phi) is 4.64. The average Bonchev–Trinajstić information content (AvgIpc) is 3.05. The normalized spacial score (nSPS) is 14.3. The summed E-state index contributed by atoms with van der Waals surface area (Å²) in [4.78, 5) is 15.7. The Morgan fingerprint density at radius 1 is 1.46 bits per heavy atom. The van der Waals surface area contributed by atoms with Crippen molar-refractivity contribution in [3.05, 3.63) is 38.2 Å². The van der Waals surface area contributed by atoms with Gasteiger partial charge in [-0.3, -0.25) is 14.4 Å². The second-order valence-electron chi connectivity index (χ2n) is 5.53. The van der Waals surface area contributed by atoms with Gasteiger partial charge in [-0.05, 0) is 37.2 Å². The van der Waals surface area contributed by atoms with Gasteiger partial charge in [0.05, 0.1) is 10.6 Å². The molecule has 0 saturated carbocycles. The number of aryl methyl sites for hydroxylation is 1. The maximum absolute atomic E-state index is 10.6. The van der Waals surface area contributed by atoms with Crippen LogP contribution < -0.4 is 0 Å². The fourth-order valence-corrected chi connectivity index (χ4v) is 3.93. The number of carbonyl (C=O) groups is 1. The van der Waals surface area contributed by atoms with Gasteiger partial charge < -0.3 is 10.2 Å². The molecule has 0 unspecified atom stereocenters. The van der Waals surface area contributed by atoms with Crippen LogP contribution in [0.4, 0.5) is 5.69 Å². The maximum atomic E-state index is 10.6. The molecule has 2 N–H and O–H groups in total. The third-order valence-electron chi connectivity index (χ3n) is 3.83. The molecule has 0 aliphatic carbocycles. The van der Waals surface area contributed by atoms with Crippen LogP contribution in [0.15, 0.2) is 23.2 Å². The molecule has 1 aromatic heterocycles. The van der Waals surface area contributed by atoms with Gasteiger partial charge >= 0.3 is 5.97 Å². The number of para-hydroxylation sites is 1. The summed E-state index contributed by atoms with van der Waals surface area (Å²) in [7, 11) is 0. The van der Waals surface area contributed by atoms with Crippen LogP contribution in [-0.4, -0.2) is 27.0 Å². The molecule has 7 heteroatoms. The fourth-order valence-electron chi connectivity index (χ4n) is 2.62. The summed E-state index contributed by atoms with van der Waals surface area (Å²) in [5.74, 6) is -0.773. The number of aromatic nitrogens is 1. The van der Waals surface area contributed by atoms with Crippen LogP contribution in [0.1, 0.15) is 28.8 Å². The van der Waals surface area contributed by atoms with E-state index in [0.29, 0.717) is 21.8 Å². The quantitative estimate of drug-likeness (QED) is 0.774. The van der Waals surface area contributed by atoms with E-state index in [1.54, 1.807) is 10.8 Å². The molecule has 0 atom stereocenters. The van der Waals surface area contributed by atoms with E-state index in [2.05, 4.69) is 4.99 Å². The van der Waals surface area contributed by atoms with E-state index < -0.39 is 5.97 Å². The number of benzene rings is 1. The number of fused-ring (bicyclic) bond motifs is 1. The third-order valence-corrected chi connectivity index (χ3v) is 5.22. The first kappa shape index (κ1) is 16.6. The number of rotatable bonds is 5. The van der Waals surface area contributed by atoms with Crippen LogP contribution in [0.5, 0.6) is 5.88 Å². The second-order valence-corrected chi connectivity index (χ2v) is 7.21. The summed E-state index contributed by atoms with van der Waals surface area (Å²) in [6.07, 6.45) is 4.13. The number of thiazole rings is 1. The zero-order valence-corrected chi connectivity index (χ0v) is 14.7. The van der Waals surface area contributed by atoms with E-state index in [0.717, 1.165) is 22.4 Å². The van der Waals surface area contributed by atoms with Crippen LogP contribution in [0.25, 0.3) is 11.6 Å². The van der Waals surface area contributed by atoms with Gasteiger partial charge in [0.1, 0.15) is 0 Å². The van der Waals surface area contributed by atoms with Crippen LogP contribution in [0.2, 0.25) is 0 Å². The minimum atomic E-state index is -0.854. The highest BCUT2D eigenvalue weighted by Gasteiger charge is 2.16. The molecule has 1 aliphatic heterocycles. The van der Waals surface area contributed by atoms with Crippen molar-refractivity contribution in [2.24, 2.45) is 4.99 Å². The summed E-state index contributed by atoms with van der Waals surface area (Å²) in [5, 5.41) is 19.1. The first-order valence-corrected chi connectivity index (χ1v) is 8.70. The Hall–Kier alpha value is -2.25.